The Morgan fingerprint density at radius 2 is 1.53 bits per heavy atom. The number of rotatable bonds is 12. The van der Waals surface area contributed by atoms with Crippen molar-refractivity contribution in [3.63, 3.8) is 0 Å². The van der Waals surface area contributed by atoms with Gasteiger partial charge in [0.25, 0.3) is 0 Å². The first kappa shape index (κ1) is 18.2. The third kappa shape index (κ3) is 12.0. The van der Waals surface area contributed by atoms with Crippen LogP contribution in [0.4, 0.5) is 0 Å². The summed E-state index contributed by atoms with van der Waals surface area (Å²) in [5.74, 6) is 1.54. The third-order valence-corrected chi connectivity index (χ3v) is 3.59. The minimum atomic E-state index is 0.700. The Hall–Kier alpha value is -0.780. The Kier molecular flexibility index (Phi) is 13.1. The molecule has 0 aliphatic heterocycles. The van der Waals surface area contributed by atoms with Crippen molar-refractivity contribution in [1.29, 1.82) is 0 Å². The largest absolute Gasteiger partial charge is 0.103 e. The lowest BCUT2D eigenvalue weighted by atomic mass is 9.89. The van der Waals surface area contributed by atoms with Gasteiger partial charge in [0.05, 0.1) is 0 Å². The summed E-state index contributed by atoms with van der Waals surface area (Å²) in [6, 6.07) is 0. The molecule has 110 valence electrons. The molecule has 19 heavy (non-hydrogen) atoms. The van der Waals surface area contributed by atoms with E-state index in [0.717, 1.165) is 12.3 Å². The quantitative estimate of drug-likeness (QED) is 0.271. The van der Waals surface area contributed by atoms with E-state index in [2.05, 4.69) is 57.7 Å². The summed E-state index contributed by atoms with van der Waals surface area (Å²) in [4.78, 5) is 0. The lowest BCUT2D eigenvalue weighted by molar-refractivity contribution is 0.404. The lowest BCUT2D eigenvalue weighted by Crippen LogP contribution is -2.03. The van der Waals surface area contributed by atoms with Gasteiger partial charge in [-0.15, -0.1) is 6.58 Å². The van der Waals surface area contributed by atoms with E-state index in [-0.39, 0.29) is 0 Å². The summed E-state index contributed by atoms with van der Waals surface area (Å²) in [5.41, 5.74) is 0. The number of hydrogen-bond donors (Lipinski definition) is 0. The molecule has 0 radical (unpaired) electrons. The highest BCUT2D eigenvalue weighted by Gasteiger charge is 2.08. The lowest BCUT2D eigenvalue weighted by Gasteiger charge is -2.16. The van der Waals surface area contributed by atoms with Gasteiger partial charge in [-0.1, -0.05) is 64.0 Å². The molecule has 0 saturated heterocycles. The molecule has 0 aliphatic carbocycles. The highest BCUT2D eigenvalue weighted by molar-refractivity contribution is 4.89. The van der Waals surface area contributed by atoms with E-state index in [0.29, 0.717) is 5.92 Å². The number of allylic oxidation sites excluding steroid dienone is 5. The maximum Gasteiger partial charge on any atom is -0.0231 e. The van der Waals surface area contributed by atoms with Gasteiger partial charge in [-0.2, -0.15) is 0 Å². The fraction of sp³-hybridized carbons (Fsp3) is 0.684. The van der Waals surface area contributed by atoms with Gasteiger partial charge in [-0.25, -0.2) is 0 Å². The topological polar surface area (TPSA) is 0 Å². The van der Waals surface area contributed by atoms with E-state index in [1.54, 1.807) is 0 Å². The Morgan fingerprint density at radius 3 is 2.11 bits per heavy atom. The minimum Gasteiger partial charge on any atom is -0.103 e. The van der Waals surface area contributed by atoms with E-state index in [9.17, 15) is 0 Å². The molecule has 2 unspecified atom stereocenters. The zero-order chi connectivity index (χ0) is 14.3. The van der Waals surface area contributed by atoms with E-state index >= 15 is 0 Å². The third-order valence-electron chi connectivity index (χ3n) is 3.59. The zero-order valence-corrected chi connectivity index (χ0v) is 13.4. The molecule has 0 rings (SSSR count). The summed E-state index contributed by atoms with van der Waals surface area (Å²) in [6.07, 6.45) is 21.3. The summed E-state index contributed by atoms with van der Waals surface area (Å²) in [7, 11) is 0. The van der Waals surface area contributed by atoms with E-state index < -0.39 is 0 Å². The first-order valence-corrected chi connectivity index (χ1v) is 8.17. The highest BCUT2D eigenvalue weighted by atomic mass is 14.1. The molecule has 0 aromatic heterocycles. The van der Waals surface area contributed by atoms with Gasteiger partial charge < -0.3 is 0 Å². The molecule has 0 bridgehead atoms. The van der Waals surface area contributed by atoms with Crippen LogP contribution in [0, 0.1) is 11.8 Å². The second-order valence-corrected chi connectivity index (χ2v) is 5.63. The highest BCUT2D eigenvalue weighted by Crippen LogP contribution is 2.21. The SMILES string of the molecule is C=CC(CC/C=C\CC/C=C/CC)CC(C)CCC. The van der Waals surface area contributed by atoms with Crippen LogP contribution >= 0.6 is 0 Å². The van der Waals surface area contributed by atoms with Crippen molar-refractivity contribution in [2.75, 3.05) is 0 Å². The Labute approximate surface area is 121 Å². The van der Waals surface area contributed by atoms with Crippen LogP contribution in [0.15, 0.2) is 37.0 Å². The average Bonchev–Trinajstić information content (AvgIpc) is 2.40. The Balaban J connectivity index is 3.68. The molecule has 0 fully saturated rings. The molecule has 2 atom stereocenters. The fourth-order valence-electron chi connectivity index (χ4n) is 2.48. The van der Waals surface area contributed by atoms with Crippen molar-refractivity contribution >= 4 is 0 Å². The molecule has 0 N–H and O–H groups in total. The monoisotopic (exact) mass is 262 g/mol. The molecule has 0 spiro atoms. The maximum absolute atomic E-state index is 3.99. The molecular formula is C19H34. The Morgan fingerprint density at radius 1 is 0.895 bits per heavy atom. The van der Waals surface area contributed by atoms with E-state index in [4.69, 9.17) is 0 Å². The van der Waals surface area contributed by atoms with Crippen molar-refractivity contribution < 1.29 is 0 Å². The molecule has 0 amide bonds. The maximum atomic E-state index is 3.99. The number of hydrogen-bond acceptors (Lipinski definition) is 0. The predicted octanol–water partition coefficient (Wildman–Crippen LogP) is 6.70. The van der Waals surface area contributed by atoms with Gasteiger partial charge in [-0.05, 0) is 50.4 Å². The molecule has 0 aromatic rings. The standard InChI is InChI=1S/C19H34/c1-5-8-9-10-11-12-13-14-16-19(7-3)17-18(4)15-6-2/h7-9,12-13,18-19H,3,5-6,10-11,14-17H2,1-2,4H3/b9-8+,13-12-. The second-order valence-electron chi connectivity index (χ2n) is 5.63. The van der Waals surface area contributed by atoms with Crippen LogP contribution in [-0.2, 0) is 0 Å². The molecule has 0 heteroatoms. The van der Waals surface area contributed by atoms with Crippen LogP contribution < -0.4 is 0 Å². The average molecular weight is 262 g/mol. The van der Waals surface area contributed by atoms with Crippen molar-refractivity contribution in [3.8, 4) is 0 Å². The summed E-state index contributed by atoms with van der Waals surface area (Å²) in [5, 5.41) is 0. The fourth-order valence-corrected chi connectivity index (χ4v) is 2.48. The van der Waals surface area contributed by atoms with Crippen molar-refractivity contribution in [2.45, 2.75) is 72.1 Å². The minimum absolute atomic E-state index is 0.700. The van der Waals surface area contributed by atoms with Gasteiger partial charge >= 0.3 is 0 Å². The van der Waals surface area contributed by atoms with Crippen molar-refractivity contribution in [1.82, 2.24) is 0 Å². The summed E-state index contributed by atoms with van der Waals surface area (Å²) in [6.45, 7) is 10.8. The van der Waals surface area contributed by atoms with Crippen LogP contribution in [0.5, 0.6) is 0 Å². The van der Waals surface area contributed by atoms with E-state index in [1.807, 2.05) is 0 Å². The molecule has 0 aromatic carbocycles. The first-order valence-electron chi connectivity index (χ1n) is 8.17. The Bertz CT molecular complexity index is 247. The predicted molar refractivity (Wildman–Crippen MR) is 89.4 cm³/mol. The van der Waals surface area contributed by atoms with Gasteiger partial charge in [0, 0.05) is 0 Å². The van der Waals surface area contributed by atoms with Gasteiger partial charge in [0.15, 0.2) is 0 Å². The van der Waals surface area contributed by atoms with Crippen molar-refractivity contribution in [2.24, 2.45) is 11.8 Å². The van der Waals surface area contributed by atoms with Crippen LogP contribution in [-0.4, -0.2) is 0 Å². The van der Waals surface area contributed by atoms with Crippen LogP contribution in [0.3, 0.4) is 0 Å². The van der Waals surface area contributed by atoms with Crippen LogP contribution in [0.1, 0.15) is 72.1 Å². The zero-order valence-electron chi connectivity index (χ0n) is 13.4. The smallest absolute Gasteiger partial charge is 0.0231 e. The van der Waals surface area contributed by atoms with E-state index in [1.165, 1.54) is 44.9 Å². The molecule has 0 saturated carbocycles. The first-order chi connectivity index (χ1) is 9.24. The van der Waals surface area contributed by atoms with Gasteiger partial charge in [0.2, 0.25) is 0 Å². The van der Waals surface area contributed by atoms with Crippen LogP contribution in [0.2, 0.25) is 0 Å². The second kappa shape index (κ2) is 13.6. The molecule has 0 nitrogen and oxygen atoms in total. The van der Waals surface area contributed by atoms with Crippen LogP contribution in [0.25, 0.3) is 0 Å². The van der Waals surface area contributed by atoms with Crippen molar-refractivity contribution in [3.05, 3.63) is 37.0 Å². The van der Waals surface area contributed by atoms with Gasteiger partial charge in [-0.3, -0.25) is 0 Å². The molecule has 0 heterocycles. The molecule has 0 aliphatic rings. The molecular weight excluding hydrogens is 228 g/mol. The summed E-state index contributed by atoms with van der Waals surface area (Å²) >= 11 is 0. The van der Waals surface area contributed by atoms with Gasteiger partial charge in [0.1, 0.15) is 0 Å². The normalized spacial score (nSPS) is 15.1. The number of unbranched alkanes of at least 4 members (excludes halogenated alkanes) is 1. The summed E-state index contributed by atoms with van der Waals surface area (Å²) < 4.78 is 0.